The molecule has 1 aromatic heterocycles. The molecule has 0 aliphatic rings. The zero-order chi connectivity index (χ0) is 18.2. The molecule has 3 nitrogen and oxygen atoms in total. The molecule has 1 unspecified atom stereocenters. The summed E-state index contributed by atoms with van der Waals surface area (Å²) >= 11 is 0. The number of benzene rings is 2. The summed E-state index contributed by atoms with van der Waals surface area (Å²) in [7, 11) is 0. The van der Waals surface area contributed by atoms with Crippen LogP contribution in [0.3, 0.4) is 0 Å². The van der Waals surface area contributed by atoms with E-state index in [1.165, 1.54) is 11.1 Å². The fourth-order valence-corrected chi connectivity index (χ4v) is 2.95. The van der Waals surface area contributed by atoms with Gasteiger partial charge in [-0.05, 0) is 41.7 Å². The molecular weight excluding hydrogens is 320 g/mol. The summed E-state index contributed by atoms with van der Waals surface area (Å²) < 4.78 is 0. The maximum Gasteiger partial charge on any atom is 0.221 e. The van der Waals surface area contributed by atoms with E-state index in [0.29, 0.717) is 6.42 Å². The average Bonchev–Trinajstić information content (AvgIpc) is 2.72. The summed E-state index contributed by atoms with van der Waals surface area (Å²) in [5, 5.41) is 3.14. The Morgan fingerprint density at radius 1 is 0.923 bits per heavy atom. The number of nitrogens with one attached hydrogen (secondary N) is 1. The van der Waals surface area contributed by atoms with E-state index in [9.17, 15) is 4.79 Å². The molecule has 1 atom stereocenters. The summed E-state index contributed by atoms with van der Waals surface area (Å²) in [4.78, 5) is 17.0. The van der Waals surface area contributed by atoms with Crippen molar-refractivity contribution < 1.29 is 4.79 Å². The normalized spacial score (nSPS) is 11.7. The third-order valence-corrected chi connectivity index (χ3v) is 4.49. The SMILES string of the molecule is CCc1ccc(CCC(=O)NC(c2ccccc2)c2ccccn2)cc1. The third-order valence-electron chi connectivity index (χ3n) is 4.49. The van der Waals surface area contributed by atoms with Gasteiger partial charge in [-0.3, -0.25) is 9.78 Å². The van der Waals surface area contributed by atoms with Gasteiger partial charge in [0, 0.05) is 12.6 Å². The highest BCUT2D eigenvalue weighted by Crippen LogP contribution is 2.20. The van der Waals surface area contributed by atoms with Crippen molar-refractivity contribution >= 4 is 5.91 Å². The van der Waals surface area contributed by atoms with Gasteiger partial charge in [0.05, 0.1) is 11.7 Å². The van der Waals surface area contributed by atoms with Gasteiger partial charge >= 0.3 is 0 Å². The monoisotopic (exact) mass is 344 g/mol. The summed E-state index contributed by atoms with van der Waals surface area (Å²) in [5.74, 6) is 0.0316. The molecule has 0 aliphatic carbocycles. The first-order valence-corrected chi connectivity index (χ1v) is 9.09. The molecule has 0 fully saturated rings. The van der Waals surface area contributed by atoms with Gasteiger partial charge in [-0.2, -0.15) is 0 Å². The Hall–Kier alpha value is -2.94. The summed E-state index contributed by atoms with van der Waals surface area (Å²) in [6.07, 6.45) is 3.98. The van der Waals surface area contributed by atoms with Crippen LogP contribution in [0.25, 0.3) is 0 Å². The molecule has 0 spiro atoms. The van der Waals surface area contributed by atoms with Crippen molar-refractivity contribution in [2.24, 2.45) is 0 Å². The predicted octanol–water partition coefficient (Wildman–Crippen LogP) is 4.48. The number of carbonyl (C=O) groups excluding carboxylic acids is 1. The predicted molar refractivity (Wildman–Crippen MR) is 105 cm³/mol. The average molecular weight is 344 g/mol. The number of hydrogen-bond donors (Lipinski definition) is 1. The number of aromatic nitrogens is 1. The lowest BCUT2D eigenvalue weighted by Crippen LogP contribution is -2.30. The summed E-state index contributed by atoms with van der Waals surface area (Å²) in [5.41, 5.74) is 4.38. The van der Waals surface area contributed by atoms with Crippen LogP contribution in [0.4, 0.5) is 0 Å². The molecule has 0 radical (unpaired) electrons. The first-order valence-electron chi connectivity index (χ1n) is 9.09. The van der Waals surface area contributed by atoms with Crippen LogP contribution in [0.15, 0.2) is 79.0 Å². The number of nitrogens with zero attached hydrogens (tertiary/aromatic N) is 1. The minimum Gasteiger partial charge on any atom is -0.344 e. The van der Waals surface area contributed by atoms with Crippen LogP contribution < -0.4 is 5.32 Å². The lowest BCUT2D eigenvalue weighted by Gasteiger charge is -2.19. The highest BCUT2D eigenvalue weighted by molar-refractivity contribution is 5.77. The largest absolute Gasteiger partial charge is 0.344 e. The van der Waals surface area contributed by atoms with Crippen molar-refractivity contribution in [3.63, 3.8) is 0 Å². The fourth-order valence-electron chi connectivity index (χ4n) is 2.95. The van der Waals surface area contributed by atoms with E-state index in [-0.39, 0.29) is 11.9 Å². The van der Waals surface area contributed by atoms with E-state index in [0.717, 1.165) is 24.1 Å². The molecular formula is C23H24N2O. The molecule has 0 saturated heterocycles. The second kappa shape index (κ2) is 8.95. The molecule has 26 heavy (non-hydrogen) atoms. The Balaban J connectivity index is 1.67. The highest BCUT2D eigenvalue weighted by atomic mass is 16.1. The van der Waals surface area contributed by atoms with Crippen LogP contribution in [-0.2, 0) is 17.6 Å². The van der Waals surface area contributed by atoms with Gasteiger partial charge in [-0.25, -0.2) is 0 Å². The molecule has 3 aromatic rings. The minimum absolute atomic E-state index is 0.0316. The number of aryl methyl sites for hydroxylation is 2. The van der Waals surface area contributed by atoms with Crippen LogP contribution in [-0.4, -0.2) is 10.9 Å². The number of amides is 1. The van der Waals surface area contributed by atoms with E-state index in [4.69, 9.17) is 0 Å². The van der Waals surface area contributed by atoms with Gasteiger partial charge in [0.1, 0.15) is 0 Å². The molecule has 0 aliphatic heterocycles. The van der Waals surface area contributed by atoms with Gasteiger partial charge in [0.25, 0.3) is 0 Å². The van der Waals surface area contributed by atoms with Gasteiger partial charge in [0.15, 0.2) is 0 Å². The third kappa shape index (κ3) is 4.79. The van der Waals surface area contributed by atoms with Crippen LogP contribution in [0.2, 0.25) is 0 Å². The van der Waals surface area contributed by atoms with Crippen LogP contribution in [0.1, 0.15) is 41.8 Å². The maximum atomic E-state index is 12.6. The molecule has 2 aromatic carbocycles. The minimum atomic E-state index is -0.229. The molecule has 132 valence electrons. The quantitative estimate of drug-likeness (QED) is 0.686. The Bertz CT molecular complexity index is 774. The van der Waals surface area contributed by atoms with E-state index in [1.54, 1.807) is 6.20 Å². The summed E-state index contributed by atoms with van der Waals surface area (Å²) in [6, 6.07) is 24.0. The smallest absolute Gasteiger partial charge is 0.221 e. The van der Waals surface area contributed by atoms with Crippen molar-refractivity contribution in [1.82, 2.24) is 10.3 Å². The Morgan fingerprint density at radius 3 is 2.27 bits per heavy atom. The fraction of sp³-hybridized carbons (Fsp3) is 0.217. The zero-order valence-electron chi connectivity index (χ0n) is 15.1. The van der Waals surface area contributed by atoms with E-state index in [2.05, 4.69) is 41.5 Å². The summed E-state index contributed by atoms with van der Waals surface area (Å²) in [6.45, 7) is 2.14. The standard InChI is InChI=1S/C23H24N2O/c1-2-18-11-13-19(14-12-18)15-16-22(26)25-23(20-8-4-3-5-9-20)21-10-6-7-17-24-21/h3-14,17,23H,2,15-16H2,1H3,(H,25,26). The van der Waals surface area contributed by atoms with Crippen molar-refractivity contribution in [3.05, 3.63) is 101 Å². The van der Waals surface area contributed by atoms with Crippen LogP contribution in [0.5, 0.6) is 0 Å². The Morgan fingerprint density at radius 2 is 1.62 bits per heavy atom. The maximum absolute atomic E-state index is 12.6. The molecule has 0 saturated carbocycles. The van der Waals surface area contributed by atoms with E-state index < -0.39 is 0 Å². The Kier molecular flexibility index (Phi) is 6.15. The molecule has 1 N–H and O–H groups in total. The number of pyridine rings is 1. The van der Waals surface area contributed by atoms with Gasteiger partial charge < -0.3 is 5.32 Å². The highest BCUT2D eigenvalue weighted by Gasteiger charge is 2.17. The van der Waals surface area contributed by atoms with Crippen molar-refractivity contribution in [2.75, 3.05) is 0 Å². The van der Waals surface area contributed by atoms with Crippen LogP contribution >= 0.6 is 0 Å². The van der Waals surface area contributed by atoms with Gasteiger partial charge in [0.2, 0.25) is 5.91 Å². The molecule has 0 bridgehead atoms. The molecule has 3 heteroatoms. The lowest BCUT2D eigenvalue weighted by atomic mass is 10.0. The first-order chi connectivity index (χ1) is 12.8. The topological polar surface area (TPSA) is 42.0 Å². The molecule has 1 heterocycles. The second-order valence-corrected chi connectivity index (χ2v) is 6.34. The van der Waals surface area contributed by atoms with Crippen molar-refractivity contribution in [1.29, 1.82) is 0 Å². The number of hydrogen-bond acceptors (Lipinski definition) is 2. The zero-order valence-corrected chi connectivity index (χ0v) is 15.1. The van der Waals surface area contributed by atoms with Crippen LogP contribution in [0, 0.1) is 0 Å². The molecule has 3 rings (SSSR count). The van der Waals surface area contributed by atoms with Crippen molar-refractivity contribution in [2.45, 2.75) is 32.2 Å². The van der Waals surface area contributed by atoms with E-state index in [1.807, 2.05) is 48.5 Å². The first kappa shape index (κ1) is 17.9. The van der Waals surface area contributed by atoms with Crippen molar-refractivity contribution in [3.8, 4) is 0 Å². The number of rotatable bonds is 7. The van der Waals surface area contributed by atoms with E-state index >= 15 is 0 Å². The molecule has 1 amide bonds. The van der Waals surface area contributed by atoms with Gasteiger partial charge in [-0.15, -0.1) is 0 Å². The lowest BCUT2D eigenvalue weighted by molar-refractivity contribution is -0.121. The van der Waals surface area contributed by atoms with Gasteiger partial charge in [-0.1, -0.05) is 67.6 Å². The Labute approximate surface area is 155 Å². The second-order valence-electron chi connectivity index (χ2n) is 6.34. The number of carbonyl (C=O) groups is 1.